The van der Waals surface area contributed by atoms with Gasteiger partial charge in [0.2, 0.25) is 0 Å². The Labute approximate surface area is 135 Å². The van der Waals surface area contributed by atoms with Gasteiger partial charge in [0.05, 0.1) is 17.4 Å². The van der Waals surface area contributed by atoms with Crippen LogP contribution in [0.2, 0.25) is 0 Å². The predicted molar refractivity (Wildman–Crippen MR) is 91.5 cm³/mol. The minimum atomic E-state index is 0.293. The monoisotopic (exact) mass is 349 g/mol. The van der Waals surface area contributed by atoms with Crippen molar-refractivity contribution in [3.63, 3.8) is 0 Å². The van der Waals surface area contributed by atoms with E-state index in [9.17, 15) is 0 Å². The largest absolute Gasteiger partial charge is 0.308 e. The van der Waals surface area contributed by atoms with Gasteiger partial charge in [-0.2, -0.15) is 5.10 Å². The van der Waals surface area contributed by atoms with Crippen molar-refractivity contribution in [1.82, 2.24) is 15.1 Å². The number of nitrogens with zero attached hydrogens (tertiary/aromatic N) is 2. The number of aryl methyl sites for hydroxylation is 2. The molecule has 4 heteroatoms. The van der Waals surface area contributed by atoms with Crippen LogP contribution in [0.3, 0.4) is 0 Å². The second-order valence-corrected chi connectivity index (χ2v) is 6.19. The minimum absolute atomic E-state index is 0.293. The molecule has 0 aliphatic heterocycles. The third kappa shape index (κ3) is 4.17. The smallest absolute Gasteiger partial charge is 0.0625 e. The molecular formula is C17H24BrN3. The zero-order valence-corrected chi connectivity index (χ0v) is 14.7. The molecule has 0 fully saturated rings. The van der Waals surface area contributed by atoms with Crippen LogP contribution in [0.1, 0.15) is 43.3 Å². The van der Waals surface area contributed by atoms with Crippen molar-refractivity contribution in [2.45, 2.75) is 39.2 Å². The Morgan fingerprint density at radius 2 is 2.05 bits per heavy atom. The molecule has 2 rings (SSSR count). The van der Waals surface area contributed by atoms with Gasteiger partial charge >= 0.3 is 0 Å². The molecule has 1 N–H and O–H groups in total. The molecule has 1 unspecified atom stereocenters. The molecule has 21 heavy (non-hydrogen) atoms. The maximum absolute atomic E-state index is 4.59. The number of halogens is 1. The molecule has 1 atom stereocenters. The predicted octanol–water partition coefficient (Wildman–Crippen LogP) is 4.03. The number of hydrogen-bond acceptors (Lipinski definition) is 2. The van der Waals surface area contributed by atoms with Gasteiger partial charge in [0.1, 0.15) is 0 Å². The van der Waals surface area contributed by atoms with E-state index in [4.69, 9.17) is 0 Å². The standard InChI is InChI=1S/C17H24BrN3/c1-4-10-19-16(11-13-8-6-7-9-15(13)18)17-12-14(5-2)20-21(17)3/h6-9,12,16,19H,4-5,10-11H2,1-3H3. The fourth-order valence-electron chi connectivity index (χ4n) is 2.53. The lowest BCUT2D eigenvalue weighted by Gasteiger charge is -2.19. The maximum Gasteiger partial charge on any atom is 0.0625 e. The summed E-state index contributed by atoms with van der Waals surface area (Å²) in [4.78, 5) is 0. The fraction of sp³-hybridized carbons (Fsp3) is 0.471. The van der Waals surface area contributed by atoms with E-state index in [2.05, 4.69) is 70.5 Å². The summed E-state index contributed by atoms with van der Waals surface area (Å²) in [7, 11) is 2.04. The Hall–Kier alpha value is -1.13. The molecular weight excluding hydrogens is 326 g/mol. The van der Waals surface area contributed by atoms with E-state index in [0.29, 0.717) is 6.04 Å². The van der Waals surface area contributed by atoms with Crippen molar-refractivity contribution in [2.24, 2.45) is 7.05 Å². The number of nitrogens with one attached hydrogen (secondary N) is 1. The first-order valence-electron chi connectivity index (χ1n) is 7.65. The van der Waals surface area contributed by atoms with Gasteiger partial charge in [-0.1, -0.05) is 48.0 Å². The molecule has 0 saturated carbocycles. The quantitative estimate of drug-likeness (QED) is 0.817. The van der Waals surface area contributed by atoms with Crippen molar-refractivity contribution in [2.75, 3.05) is 6.54 Å². The molecule has 0 radical (unpaired) electrons. The zero-order valence-electron chi connectivity index (χ0n) is 13.1. The van der Waals surface area contributed by atoms with Gasteiger partial charge in [-0.15, -0.1) is 0 Å². The Bertz CT molecular complexity index is 577. The zero-order chi connectivity index (χ0) is 15.2. The summed E-state index contributed by atoms with van der Waals surface area (Å²) in [5.74, 6) is 0. The first-order valence-corrected chi connectivity index (χ1v) is 8.44. The summed E-state index contributed by atoms with van der Waals surface area (Å²) in [5, 5.41) is 8.25. The molecule has 0 saturated heterocycles. The first kappa shape index (κ1) is 16.2. The summed E-state index contributed by atoms with van der Waals surface area (Å²) < 4.78 is 3.19. The Morgan fingerprint density at radius 1 is 1.29 bits per heavy atom. The van der Waals surface area contributed by atoms with E-state index in [0.717, 1.165) is 31.5 Å². The van der Waals surface area contributed by atoms with Crippen LogP contribution in [0, 0.1) is 0 Å². The molecule has 114 valence electrons. The molecule has 0 bridgehead atoms. The number of benzene rings is 1. The number of hydrogen-bond donors (Lipinski definition) is 1. The molecule has 0 aliphatic carbocycles. The SMILES string of the molecule is CCCNC(Cc1ccccc1Br)c1cc(CC)nn1C. The van der Waals surface area contributed by atoms with Crippen LogP contribution in [0.15, 0.2) is 34.8 Å². The van der Waals surface area contributed by atoms with E-state index in [1.54, 1.807) is 0 Å². The minimum Gasteiger partial charge on any atom is -0.308 e. The lowest BCUT2D eigenvalue weighted by molar-refractivity contribution is 0.492. The van der Waals surface area contributed by atoms with Crippen LogP contribution in [0.4, 0.5) is 0 Å². The maximum atomic E-state index is 4.59. The van der Waals surface area contributed by atoms with Crippen molar-refractivity contribution < 1.29 is 0 Å². The van der Waals surface area contributed by atoms with Gasteiger partial charge in [-0.05, 0) is 43.5 Å². The number of rotatable bonds is 7. The summed E-state index contributed by atoms with van der Waals surface area (Å²) in [6.45, 7) is 5.36. The second kappa shape index (κ2) is 7.76. The van der Waals surface area contributed by atoms with E-state index in [1.165, 1.54) is 15.7 Å². The summed E-state index contributed by atoms with van der Waals surface area (Å²) in [5.41, 5.74) is 3.74. The molecule has 3 nitrogen and oxygen atoms in total. The van der Waals surface area contributed by atoms with Crippen molar-refractivity contribution >= 4 is 15.9 Å². The van der Waals surface area contributed by atoms with Gasteiger partial charge in [-0.3, -0.25) is 4.68 Å². The van der Waals surface area contributed by atoms with Gasteiger partial charge in [0.15, 0.2) is 0 Å². The molecule has 0 spiro atoms. The van der Waals surface area contributed by atoms with Gasteiger partial charge in [0.25, 0.3) is 0 Å². The Kier molecular flexibility index (Phi) is 6.00. The average molecular weight is 350 g/mol. The van der Waals surface area contributed by atoms with E-state index in [-0.39, 0.29) is 0 Å². The van der Waals surface area contributed by atoms with Crippen LogP contribution in [0.5, 0.6) is 0 Å². The first-order chi connectivity index (χ1) is 10.2. The van der Waals surface area contributed by atoms with Crippen molar-refractivity contribution in [1.29, 1.82) is 0 Å². The molecule has 0 aliphatic rings. The van der Waals surface area contributed by atoms with Crippen LogP contribution < -0.4 is 5.32 Å². The average Bonchev–Trinajstić information content (AvgIpc) is 2.86. The second-order valence-electron chi connectivity index (χ2n) is 5.34. The van der Waals surface area contributed by atoms with E-state index < -0.39 is 0 Å². The lowest BCUT2D eigenvalue weighted by Crippen LogP contribution is -2.26. The summed E-state index contributed by atoms with van der Waals surface area (Å²) in [6.07, 6.45) is 3.07. The Morgan fingerprint density at radius 3 is 2.67 bits per heavy atom. The van der Waals surface area contributed by atoms with Crippen LogP contribution >= 0.6 is 15.9 Å². The molecule has 1 heterocycles. The van der Waals surface area contributed by atoms with Crippen molar-refractivity contribution in [3.8, 4) is 0 Å². The van der Waals surface area contributed by atoms with E-state index >= 15 is 0 Å². The highest BCUT2D eigenvalue weighted by atomic mass is 79.9. The topological polar surface area (TPSA) is 29.9 Å². The molecule has 1 aromatic carbocycles. The summed E-state index contributed by atoms with van der Waals surface area (Å²) in [6, 6.07) is 11.0. The third-order valence-electron chi connectivity index (χ3n) is 3.71. The highest BCUT2D eigenvalue weighted by Gasteiger charge is 2.17. The highest BCUT2D eigenvalue weighted by molar-refractivity contribution is 9.10. The van der Waals surface area contributed by atoms with Crippen LogP contribution in [-0.2, 0) is 19.9 Å². The van der Waals surface area contributed by atoms with E-state index in [1.807, 2.05) is 11.7 Å². The van der Waals surface area contributed by atoms with Crippen LogP contribution in [-0.4, -0.2) is 16.3 Å². The third-order valence-corrected chi connectivity index (χ3v) is 4.48. The van der Waals surface area contributed by atoms with Crippen LogP contribution in [0.25, 0.3) is 0 Å². The van der Waals surface area contributed by atoms with Crippen molar-refractivity contribution in [3.05, 3.63) is 51.8 Å². The fourth-order valence-corrected chi connectivity index (χ4v) is 2.97. The van der Waals surface area contributed by atoms with Gasteiger partial charge in [0, 0.05) is 11.5 Å². The number of aromatic nitrogens is 2. The lowest BCUT2D eigenvalue weighted by atomic mass is 10.0. The molecule has 2 aromatic rings. The summed E-state index contributed by atoms with van der Waals surface area (Å²) >= 11 is 3.65. The molecule has 1 aromatic heterocycles. The van der Waals surface area contributed by atoms with Gasteiger partial charge in [-0.25, -0.2) is 0 Å². The Balaban J connectivity index is 2.25. The highest BCUT2D eigenvalue weighted by Crippen LogP contribution is 2.24. The normalized spacial score (nSPS) is 12.6. The van der Waals surface area contributed by atoms with Gasteiger partial charge < -0.3 is 5.32 Å². The molecule has 0 amide bonds.